The Hall–Kier alpha value is -2.41. The summed E-state index contributed by atoms with van der Waals surface area (Å²) in [5, 5.41) is 5.26. The van der Waals surface area contributed by atoms with Crippen molar-refractivity contribution in [2.24, 2.45) is 0 Å². The van der Waals surface area contributed by atoms with E-state index >= 15 is 0 Å². The van der Waals surface area contributed by atoms with Crippen molar-refractivity contribution in [2.45, 2.75) is 0 Å². The molecule has 120 valence electrons. The zero-order chi connectivity index (χ0) is 16.7. The molecular formula is C15H23N4O3+. The molecule has 0 heterocycles. The summed E-state index contributed by atoms with van der Waals surface area (Å²) in [6.45, 7) is 0.419. The van der Waals surface area contributed by atoms with E-state index < -0.39 is 0 Å². The van der Waals surface area contributed by atoms with Crippen LogP contribution < -0.4 is 15.5 Å². The summed E-state index contributed by atoms with van der Waals surface area (Å²) in [6.07, 6.45) is 0. The van der Waals surface area contributed by atoms with Crippen LogP contribution in [0.3, 0.4) is 0 Å². The molecule has 0 saturated heterocycles. The number of carbonyl (C=O) groups is 3. The number of hydrogen-bond donors (Lipinski definition) is 3. The van der Waals surface area contributed by atoms with Crippen LogP contribution in [-0.4, -0.2) is 63.9 Å². The van der Waals surface area contributed by atoms with Crippen LogP contribution in [0.2, 0.25) is 0 Å². The number of benzene rings is 1. The van der Waals surface area contributed by atoms with Crippen LogP contribution >= 0.6 is 0 Å². The molecule has 7 nitrogen and oxygen atoms in total. The molecule has 0 saturated carbocycles. The van der Waals surface area contributed by atoms with Crippen molar-refractivity contribution in [3.05, 3.63) is 29.8 Å². The number of rotatable bonds is 6. The van der Waals surface area contributed by atoms with Crippen molar-refractivity contribution in [3.8, 4) is 0 Å². The van der Waals surface area contributed by atoms with Gasteiger partial charge in [0.25, 0.3) is 17.7 Å². The third kappa shape index (κ3) is 5.53. The lowest BCUT2D eigenvalue weighted by molar-refractivity contribution is -0.862. The maximum Gasteiger partial charge on any atom is 0.279 e. The summed E-state index contributed by atoms with van der Waals surface area (Å²) in [5.74, 6) is -0.458. The van der Waals surface area contributed by atoms with E-state index in [0.717, 1.165) is 4.90 Å². The molecule has 3 amide bonds. The standard InChI is InChI=1S/C15H22N4O3/c1-16-15(22)11-6-5-7-12(8-11)17-13(20)9-19(4)10-14(21)18(2)3/h5-8H,9-10H2,1-4H3,(H,16,22)(H,17,20)/p+1. The van der Waals surface area contributed by atoms with Gasteiger partial charge in [-0.15, -0.1) is 0 Å². The summed E-state index contributed by atoms with van der Waals surface area (Å²) in [4.78, 5) is 37.4. The number of nitrogens with one attached hydrogen (secondary N) is 3. The first-order valence-electron chi connectivity index (χ1n) is 6.97. The van der Waals surface area contributed by atoms with E-state index in [9.17, 15) is 14.4 Å². The first-order valence-corrected chi connectivity index (χ1v) is 6.97. The molecule has 1 atom stereocenters. The normalized spacial score (nSPS) is 11.5. The summed E-state index contributed by atoms with van der Waals surface area (Å²) in [7, 11) is 6.69. The zero-order valence-corrected chi connectivity index (χ0v) is 13.4. The summed E-state index contributed by atoms with van der Waals surface area (Å²) in [6, 6.07) is 6.69. The molecule has 22 heavy (non-hydrogen) atoms. The van der Waals surface area contributed by atoms with Gasteiger partial charge in [0.2, 0.25) is 0 Å². The molecule has 0 spiro atoms. The third-order valence-corrected chi connectivity index (χ3v) is 3.05. The summed E-state index contributed by atoms with van der Waals surface area (Å²) >= 11 is 0. The van der Waals surface area contributed by atoms with Crippen LogP contribution in [0, 0.1) is 0 Å². The average Bonchev–Trinajstić information content (AvgIpc) is 2.46. The Labute approximate surface area is 130 Å². The zero-order valence-electron chi connectivity index (χ0n) is 13.4. The highest BCUT2D eigenvalue weighted by atomic mass is 16.2. The minimum Gasteiger partial charge on any atom is -0.355 e. The Bertz CT molecular complexity index is 557. The second kappa shape index (κ2) is 8.14. The predicted octanol–water partition coefficient (Wildman–Crippen LogP) is -1.41. The number of hydrogen-bond acceptors (Lipinski definition) is 3. The lowest BCUT2D eigenvalue weighted by Crippen LogP contribution is -3.11. The number of nitrogens with zero attached hydrogens (tertiary/aromatic N) is 1. The fourth-order valence-electron chi connectivity index (χ4n) is 1.84. The molecule has 3 N–H and O–H groups in total. The first-order chi connectivity index (χ1) is 10.3. The molecule has 0 aromatic heterocycles. The minimum atomic E-state index is -0.213. The smallest absolute Gasteiger partial charge is 0.279 e. The largest absolute Gasteiger partial charge is 0.355 e. The first kappa shape index (κ1) is 17.6. The van der Waals surface area contributed by atoms with Gasteiger partial charge in [-0.05, 0) is 18.2 Å². The Balaban J connectivity index is 2.58. The van der Waals surface area contributed by atoms with Crippen molar-refractivity contribution in [3.63, 3.8) is 0 Å². The van der Waals surface area contributed by atoms with Crippen LogP contribution in [0.4, 0.5) is 5.69 Å². The lowest BCUT2D eigenvalue weighted by Gasteiger charge is -2.16. The number of carbonyl (C=O) groups excluding carboxylic acids is 3. The molecule has 1 rings (SSSR count). The fourth-order valence-corrected chi connectivity index (χ4v) is 1.84. The van der Waals surface area contributed by atoms with Crippen molar-refractivity contribution in [1.29, 1.82) is 0 Å². The van der Waals surface area contributed by atoms with E-state index in [1.54, 1.807) is 52.5 Å². The van der Waals surface area contributed by atoms with E-state index in [1.165, 1.54) is 4.90 Å². The topological polar surface area (TPSA) is 83.0 Å². The Morgan fingerprint density at radius 3 is 2.45 bits per heavy atom. The molecule has 0 radical (unpaired) electrons. The van der Waals surface area contributed by atoms with E-state index in [1.807, 2.05) is 0 Å². The van der Waals surface area contributed by atoms with Crippen molar-refractivity contribution in [2.75, 3.05) is 46.6 Å². The van der Waals surface area contributed by atoms with Crippen LogP contribution in [0.1, 0.15) is 10.4 Å². The Kier molecular flexibility index (Phi) is 6.52. The second-order valence-corrected chi connectivity index (χ2v) is 5.31. The van der Waals surface area contributed by atoms with Gasteiger partial charge in [0.05, 0.1) is 7.05 Å². The second-order valence-electron chi connectivity index (χ2n) is 5.31. The number of quaternary nitrogens is 1. The molecular weight excluding hydrogens is 284 g/mol. The van der Waals surface area contributed by atoms with Gasteiger partial charge in [0.15, 0.2) is 13.1 Å². The van der Waals surface area contributed by atoms with E-state index in [-0.39, 0.29) is 30.8 Å². The quantitative estimate of drug-likeness (QED) is 0.604. The van der Waals surface area contributed by atoms with Crippen molar-refractivity contribution in [1.82, 2.24) is 10.2 Å². The van der Waals surface area contributed by atoms with Crippen molar-refractivity contribution < 1.29 is 19.3 Å². The van der Waals surface area contributed by atoms with E-state index in [2.05, 4.69) is 10.6 Å². The number of anilines is 1. The molecule has 0 aliphatic rings. The van der Waals surface area contributed by atoms with Gasteiger partial charge in [0.1, 0.15) is 0 Å². The highest BCUT2D eigenvalue weighted by molar-refractivity contribution is 5.97. The molecule has 1 unspecified atom stereocenters. The van der Waals surface area contributed by atoms with Crippen LogP contribution in [0.15, 0.2) is 24.3 Å². The summed E-state index contributed by atoms with van der Waals surface area (Å²) < 4.78 is 0. The van der Waals surface area contributed by atoms with Crippen molar-refractivity contribution >= 4 is 23.4 Å². The highest BCUT2D eigenvalue weighted by Gasteiger charge is 2.15. The SMILES string of the molecule is CNC(=O)c1cccc(NC(=O)C[NH+](C)CC(=O)N(C)C)c1. The van der Waals surface area contributed by atoms with Crippen LogP contribution in [-0.2, 0) is 9.59 Å². The predicted molar refractivity (Wildman–Crippen MR) is 83.8 cm³/mol. The third-order valence-electron chi connectivity index (χ3n) is 3.05. The highest BCUT2D eigenvalue weighted by Crippen LogP contribution is 2.10. The van der Waals surface area contributed by atoms with Crippen LogP contribution in [0.25, 0.3) is 0 Å². The van der Waals surface area contributed by atoms with Gasteiger partial charge < -0.3 is 20.4 Å². The summed E-state index contributed by atoms with van der Waals surface area (Å²) in [5.41, 5.74) is 1.03. The van der Waals surface area contributed by atoms with Gasteiger partial charge in [-0.25, -0.2) is 0 Å². The molecule has 7 heteroatoms. The van der Waals surface area contributed by atoms with Gasteiger partial charge in [0, 0.05) is 32.4 Å². The monoisotopic (exact) mass is 307 g/mol. The molecule has 0 bridgehead atoms. The number of amides is 3. The molecule has 1 aromatic rings. The molecule has 0 fully saturated rings. The molecule has 0 aliphatic heterocycles. The van der Waals surface area contributed by atoms with Gasteiger partial charge in [-0.3, -0.25) is 14.4 Å². The van der Waals surface area contributed by atoms with Gasteiger partial charge in [-0.1, -0.05) is 6.07 Å². The Morgan fingerprint density at radius 2 is 1.86 bits per heavy atom. The molecule has 0 aliphatic carbocycles. The average molecular weight is 307 g/mol. The lowest BCUT2D eigenvalue weighted by atomic mass is 10.2. The van der Waals surface area contributed by atoms with E-state index in [0.29, 0.717) is 11.3 Å². The maximum absolute atomic E-state index is 12.0. The van der Waals surface area contributed by atoms with Gasteiger partial charge >= 0.3 is 0 Å². The van der Waals surface area contributed by atoms with Gasteiger partial charge in [-0.2, -0.15) is 0 Å². The van der Waals surface area contributed by atoms with Crippen LogP contribution in [0.5, 0.6) is 0 Å². The minimum absolute atomic E-state index is 0.0353. The fraction of sp³-hybridized carbons (Fsp3) is 0.400. The van der Waals surface area contributed by atoms with E-state index in [4.69, 9.17) is 0 Å². The maximum atomic E-state index is 12.0. The number of likely N-dealkylation sites (N-methyl/N-ethyl adjacent to an activating group) is 2. The molecule has 1 aromatic carbocycles. The Morgan fingerprint density at radius 1 is 1.18 bits per heavy atom.